The number of amides is 1. The van der Waals surface area contributed by atoms with Crippen molar-refractivity contribution in [3.05, 3.63) is 12.2 Å². The molecule has 1 amide bonds. The topological polar surface area (TPSA) is 68.0 Å². The Hall–Kier alpha value is -1.10. The van der Waals surface area contributed by atoms with Crippen molar-refractivity contribution in [2.45, 2.75) is 31.7 Å². The monoisotopic (exact) mass is 217 g/mol. The fourth-order valence-electron chi connectivity index (χ4n) is 0.909. The number of carbonyl (C=O) groups excluding carboxylic acids is 1. The first-order valence-electron chi connectivity index (χ1n) is 4.16. The summed E-state index contributed by atoms with van der Waals surface area (Å²) in [5.74, 6) is 0.157. The van der Waals surface area contributed by atoms with Crippen molar-refractivity contribution in [1.82, 2.24) is 15.5 Å². The van der Waals surface area contributed by atoms with Gasteiger partial charge in [0.1, 0.15) is 5.38 Å². The molecule has 0 saturated carbocycles. The number of carbonyl (C=O) groups is 1. The second-order valence-corrected chi connectivity index (χ2v) is 4.14. The van der Waals surface area contributed by atoms with Gasteiger partial charge in [0.15, 0.2) is 5.82 Å². The molecule has 0 spiro atoms. The van der Waals surface area contributed by atoms with Crippen LogP contribution in [-0.2, 0) is 10.3 Å². The zero-order valence-electron chi connectivity index (χ0n) is 8.24. The van der Waals surface area contributed by atoms with Crippen LogP contribution in [0.5, 0.6) is 0 Å². The average Bonchev–Trinajstić information content (AvgIpc) is 2.54. The van der Waals surface area contributed by atoms with E-state index in [1.54, 1.807) is 20.8 Å². The molecular weight excluding hydrogens is 206 g/mol. The van der Waals surface area contributed by atoms with Crippen LogP contribution >= 0.6 is 11.6 Å². The van der Waals surface area contributed by atoms with E-state index in [4.69, 9.17) is 11.6 Å². The lowest BCUT2D eigenvalue weighted by Crippen LogP contribution is -2.44. The fourth-order valence-corrected chi connectivity index (χ4v) is 0.964. The molecule has 0 aliphatic rings. The van der Waals surface area contributed by atoms with Crippen molar-refractivity contribution in [3.8, 4) is 0 Å². The van der Waals surface area contributed by atoms with Crippen molar-refractivity contribution >= 4 is 17.5 Å². The highest BCUT2D eigenvalue weighted by Gasteiger charge is 2.28. The summed E-state index contributed by atoms with van der Waals surface area (Å²) >= 11 is 5.62. The summed E-state index contributed by atoms with van der Waals surface area (Å²) in [7, 11) is 0. The SMILES string of the molecule is CC(Cl)C(=O)NC(C)(C)c1ncon1. The molecule has 14 heavy (non-hydrogen) atoms. The summed E-state index contributed by atoms with van der Waals surface area (Å²) in [5.41, 5.74) is -0.673. The molecule has 1 N–H and O–H groups in total. The molecule has 1 aromatic heterocycles. The number of halogens is 1. The Kier molecular flexibility index (Phi) is 3.10. The third-order valence-electron chi connectivity index (χ3n) is 1.72. The van der Waals surface area contributed by atoms with E-state index in [1.165, 1.54) is 6.39 Å². The van der Waals surface area contributed by atoms with Gasteiger partial charge >= 0.3 is 0 Å². The first-order valence-corrected chi connectivity index (χ1v) is 4.60. The second kappa shape index (κ2) is 3.96. The Labute approximate surface area is 86.8 Å². The van der Waals surface area contributed by atoms with E-state index in [-0.39, 0.29) is 5.91 Å². The molecule has 0 radical (unpaired) electrons. The molecule has 1 heterocycles. The van der Waals surface area contributed by atoms with Gasteiger partial charge in [0.2, 0.25) is 12.3 Å². The zero-order valence-corrected chi connectivity index (χ0v) is 9.00. The van der Waals surface area contributed by atoms with E-state index >= 15 is 0 Å². The number of hydrogen-bond donors (Lipinski definition) is 1. The van der Waals surface area contributed by atoms with Crippen LogP contribution in [0.1, 0.15) is 26.6 Å². The third kappa shape index (κ3) is 2.45. The average molecular weight is 218 g/mol. The van der Waals surface area contributed by atoms with Gasteiger partial charge in [0.05, 0.1) is 5.54 Å². The highest BCUT2D eigenvalue weighted by molar-refractivity contribution is 6.30. The lowest BCUT2D eigenvalue weighted by Gasteiger charge is -2.22. The minimum atomic E-state index is -0.673. The van der Waals surface area contributed by atoms with E-state index in [0.717, 1.165) is 0 Å². The number of hydrogen-bond acceptors (Lipinski definition) is 4. The molecule has 0 fully saturated rings. The maximum atomic E-state index is 11.3. The molecule has 0 aliphatic heterocycles. The highest BCUT2D eigenvalue weighted by Crippen LogP contribution is 2.15. The van der Waals surface area contributed by atoms with Crippen molar-refractivity contribution in [2.75, 3.05) is 0 Å². The van der Waals surface area contributed by atoms with Crippen LogP contribution in [0.25, 0.3) is 0 Å². The first-order chi connectivity index (χ1) is 6.43. The van der Waals surface area contributed by atoms with Gasteiger partial charge in [0, 0.05) is 0 Å². The van der Waals surface area contributed by atoms with E-state index < -0.39 is 10.9 Å². The van der Waals surface area contributed by atoms with Crippen molar-refractivity contribution in [1.29, 1.82) is 0 Å². The molecular formula is C8H12ClN3O2. The predicted molar refractivity (Wildman–Crippen MR) is 50.8 cm³/mol. The van der Waals surface area contributed by atoms with Crippen molar-refractivity contribution < 1.29 is 9.32 Å². The molecule has 78 valence electrons. The van der Waals surface area contributed by atoms with Crippen LogP contribution in [0.2, 0.25) is 0 Å². The van der Waals surface area contributed by atoms with E-state index in [9.17, 15) is 4.79 Å². The number of alkyl halides is 1. The molecule has 1 aromatic rings. The van der Waals surface area contributed by atoms with E-state index in [2.05, 4.69) is 20.0 Å². The Bertz CT molecular complexity index is 308. The molecule has 1 rings (SSSR count). The molecule has 0 saturated heterocycles. The second-order valence-electron chi connectivity index (χ2n) is 3.49. The van der Waals surface area contributed by atoms with Crippen molar-refractivity contribution in [2.24, 2.45) is 0 Å². The van der Waals surface area contributed by atoms with Gasteiger partial charge in [-0.15, -0.1) is 11.6 Å². The Morgan fingerprint density at radius 3 is 2.79 bits per heavy atom. The molecule has 0 aromatic carbocycles. The molecule has 1 atom stereocenters. The van der Waals surface area contributed by atoms with E-state index in [0.29, 0.717) is 5.82 Å². The minimum Gasteiger partial charge on any atom is -0.343 e. The lowest BCUT2D eigenvalue weighted by atomic mass is 10.0. The van der Waals surface area contributed by atoms with E-state index in [1.807, 2.05) is 0 Å². The quantitative estimate of drug-likeness (QED) is 0.769. The predicted octanol–water partition coefficient (Wildman–Crippen LogP) is 1.05. The summed E-state index contributed by atoms with van der Waals surface area (Å²) in [6.45, 7) is 5.15. The van der Waals surface area contributed by atoms with Gasteiger partial charge < -0.3 is 9.84 Å². The Morgan fingerprint density at radius 2 is 2.36 bits per heavy atom. The van der Waals surface area contributed by atoms with Gasteiger partial charge in [-0.1, -0.05) is 5.16 Å². The standard InChI is InChI=1S/C8H12ClN3O2/c1-5(9)6(13)11-8(2,3)7-10-4-14-12-7/h4-5H,1-3H3,(H,11,13). The van der Waals surface area contributed by atoms with Crippen LogP contribution in [0, 0.1) is 0 Å². The van der Waals surface area contributed by atoms with Gasteiger partial charge in [0.25, 0.3) is 0 Å². The van der Waals surface area contributed by atoms with Gasteiger partial charge in [-0.25, -0.2) is 0 Å². The maximum Gasteiger partial charge on any atom is 0.238 e. The van der Waals surface area contributed by atoms with Crippen LogP contribution in [0.3, 0.4) is 0 Å². The Morgan fingerprint density at radius 1 is 1.71 bits per heavy atom. The number of nitrogens with one attached hydrogen (secondary N) is 1. The van der Waals surface area contributed by atoms with Crippen LogP contribution < -0.4 is 5.32 Å². The third-order valence-corrected chi connectivity index (χ3v) is 1.92. The summed E-state index contributed by atoms with van der Waals surface area (Å²) in [6, 6.07) is 0. The summed E-state index contributed by atoms with van der Waals surface area (Å²) < 4.78 is 4.60. The maximum absolute atomic E-state index is 11.3. The summed E-state index contributed by atoms with van der Waals surface area (Å²) in [6.07, 6.45) is 1.22. The van der Waals surface area contributed by atoms with Crippen molar-refractivity contribution in [3.63, 3.8) is 0 Å². The van der Waals surface area contributed by atoms with Gasteiger partial charge in [-0.3, -0.25) is 4.79 Å². The number of aromatic nitrogens is 2. The number of rotatable bonds is 3. The largest absolute Gasteiger partial charge is 0.343 e. The Balaban J connectivity index is 2.72. The zero-order chi connectivity index (χ0) is 10.8. The fraction of sp³-hybridized carbons (Fsp3) is 0.625. The number of nitrogens with zero attached hydrogens (tertiary/aromatic N) is 2. The highest BCUT2D eigenvalue weighted by atomic mass is 35.5. The lowest BCUT2D eigenvalue weighted by molar-refractivity contribution is -0.122. The van der Waals surface area contributed by atoms with Crippen LogP contribution in [0.4, 0.5) is 0 Å². The first kappa shape index (κ1) is 11.0. The molecule has 0 bridgehead atoms. The van der Waals surface area contributed by atoms with Crippen LogP contribution in [0.15, 0.2) is 10.9 Å². The minimum absolute atomic E-state index is 0.263. The molecule has 0 aliphatic carbocycles. The molecule has 6 heteroatoms. The summed E-state index contributed by atoms with van der Waals surface area (Å²) in [4.78, 5) is 15.2. The normalized spacial score (nSPS) is 13.7. The smallest absolute Gasteiger partial charge is 0.238 e. The summed E-state index contributed by atoms with van der Waals surface area (Å²) in [5, 5.41) is 5.78. The van der Waals surface area contributed by atoms with Gasteiger partial charge in [-0.05, 0) is 20.8 Å². The molecule has 5 nitrogen and oxygen atoms in total. The van der Waals surface area contributed by atoms with Gasteiger partial charge in [-0.2, -0.15) is 4.98 Å². The molecule has 1 unspecified atom stereocenters. The van der Waals surface area contributed by atoms with Crippen LogP contribution in [-0.4, -0.2) is 21.4 Å².